The molecule has 8 nitrogen and oxygen atoms in total. The normalized spacial score (nSPS) is 10.9. The monoisotopic (exact) mass is 447 g/mol. The number of fused-ring (bicyclic) bond motifs is 1. The minimum absolute atomic E-state index is 0.146. The van der Waals surface area contributed by atoms with Crippen LogP contribution in [0.25, 0.3) is 10.2 Å². The molecule has 0 aliphatic heterocycles. The Labute approximate surface area is 181 Å². The molecule has 1 amide bonds. The van der Waals surface area contributed by atoms with E-state index in [0.29, 0.717) is 34.6 Å². The molecule has 0 saturated heterocycles. The number of esters is 2. The molecule has 158 valence electrons. The summed E-state index contributed by atoms with van der Waals surface area (Å²) in [5.74, 6) is -1.15. The number of carbonyl (C=O) groups is 3. The van der Waals surface area contributed by atoms with E-state index in [4.69, 9.17) is 9.47 Å². The van der Waals surface area contributed by atoms with Crippen molar-refractivity contribution in [2.45, 2.75) is 13.5 Å². The summed E-state index contributed by atoms with van der Waals surface area (Å²) in [7, 11) is 3.09. The quantitative estimate of drug-likeness (QED) is 0.529. The first-order valence-electron chi connectivity index (χ1n) is 9.11. The van der Waals surface area contributed by atoms with Gasteiger partial charge in [0.25, 0.3) is 5.91 Å². The SMILES string of the molecule is CCOC(=O)CN(C)Cc1ccc2c(NC(=O)c3ccsc3)c(C(=O)OC)sc2n1. The standard InChI is InChI=1S/C20H21N3O5S2/c1-4-28-15(24)10-23(2)9-13-5-6-14-16(22-18(25)12-7-8-29-11-12)17(20(26)27-3)30-19(14)21-13/h5-8,11H,4,9-10H2,1-3H3,(H,22,25). The highest BCUT2D eigenvalue weighted by atomic mass is 32.1. The van der Waals surface area contributed by atoms with Gasteiger partial charge in [0.05, 0.1) is 37.2 Å². The van der Waals surface area contributed by atoms with E-state index in [0.717, 1.165) is 17.0 Å². The lowest BCUT2D eigenvalue weighted by Gasteiger charge is -2.15. The maximum absolute atomic E-state index is 12.5. The lowest BCUT2D eigenvalue weighted by Crippen LogP contribution is -2.27. The minimum atomic E-state index is -0.542. The van der Waals surface area contributed by atoms with E-state index in [1.807, 2.05) is 11.4 Å². The number of nitrogens with one attached hydrogen (secondary N) is 1. The molecule has 3 rings (SSSR count). The lowest BCUT2D eigenvalue weighted by atomic mass is 10.2. The molecule has 0 atom stereocenters. The molecular formula is C20H21N3O5S2. The van der Waals surface area contributed by atoms with Crippen molar-refractivity contribution in [2.24, 2.45) is 0 Å². The number of hydrogen-bond acceptors (Lipinski definition) is 9. The number of ether oxygens (including phenoxy) is 2. The van der Waals surface area contributed by atoms with Crippen LogP contribution >= 0.6 is 22.7 Å². The summed E-state index contributed by atoms with van der Waals surface area (Å²) in [6, 6.07) is 5.32. The Morgan fingerprint density at radius 2 is 2.03 bits per heavy atom. The fourth-order valence-corrected chi connectivity index (χ4v) is 4.51. The summed E-state index contributed by atoms with van der Waals surface area (Å²) in [4.78, 5) is 43.7. The zero-order chi connectivity index (χ0) is 21.7. The number of anilines is 1. The van der Waals surface area contributed by atoms with Crippen molar-refractivity contribution in [3.8, 4) is 0 Å². The fraction of sp³-hybridized carbons (Fsp3) is 0.300. The Hall–Kier alpha value is -2.82. The topological polar surface area (TPSA) is 97.8 Å². The van der Waals surface area contributed by atoms with Gasteiger partial charge < -0.3 is 14.8 Å². The summed E-state index contributed by atoms with van der Waals surface area (Å²) in [6.45, 7) is 2.67. The van der Waals surface area contributed by atoms with Crippen LogP contribution in [0.1, 0.15) is 32.6 Å². The van der Waals surface area contributed by atoms with Crippen LogP contribution in [0.15, 0.2) is 29.0 Å². The van der Waals surface area contributed by atoms with Crippen molar-refractivity contribution in [3.63, 3.8) is 0 Å². The summed E-state index contributed by atoms with van der Waals surface area (Å²) in [6.07, 6.45) is 0. The van der Waals surface area contributed by atoms with Crippen molar-refractivity contribution in [2.75, 3.05) is 32.6 Å². The Balaban J connectivity index is 1.87. The number of aromatic nitrogens is 1. The molecule has 0 radical (unpaired) electrons. The third-order valence-electron chi connectivity index (χ3n) is 4.14. The molecule has 10 heteroatoms. The van der Waals surface area contributed by atoms with E-state index in [1.54, 1.807) is 36.4 Å². The molecular weight excluding hydrogens is 426 g/mol. The molecule has 0 unspecified atom stereocenters. The predicted octanol–water partition coefficient (Wildman–Crippen LogP) is 3.39. The molecule has 0 bridgehead atoms. The summed E-state index contributed by atoms with van der Waals surface area (Å²) in [5.41, 5.74) is 1.62. The number of rotatable bonds is 8. The van der Waals surface area contributed by atoms with Gasteiger partial charge in [-0.3, -0.25) is 14.5 Å². The van der Waals surface area contributed by atoms with Crippen molar-refractivity contribution in [1.82, 2.24) is 9.88 Å². The van der Waals surface area contributed by atoms with Crippen LogP contribution in [0.4, 0.5) is 5.69 Å². The van der Waals surface area contributed by atoms with Gasteiger partial charge in [-0.15, -0.1) is 11.3 Å². The van der Waals surface area contributed by atoms with Crippen LogP contribution in [0.5, 0.6) is 0 Å². The highest BCUT2D eigenvalue weighted by molar-refractivity contribution is 7.21. The molecule has 0 aliphatic carbocycles. The summed E-state index contributed by atoms with van der Waals surface area (Å²) < 4.78 is 9.83. The lowest BCUT2D eigenvalue weighted by molar-refractivity contribution is -0.144. The molecule has 30 heavy (non-hydrogen) atoms. The van der Waals surface area contributed by atoms with E-state index in [9.17, 15) is 14.4 Å². The van der Waals surface area contributed by atoms with Crippen molar-refractivity contribution in [3.05, 3.63) is 45.1 Å². The van der Waals surface area contributed by atoms with Gasteiger partial charge in [-0.2, -0.15) is 11.3 Å². The van der Waals surface area contributed by atoms with Crippen LogP contribution in [0.2, 0.25) is 0 Å². The van der Waals surface area contributed by atoms with E-state index < -0.39 is 5.97 Å². The van der Waals surface area contributed by atoms with Gasteiger partial charge >= 0.3 is 11.9 Å². The van der Waals surface area contributed by atoms with Crippen LogP contribution in [0.3, 0.4) is 0 Å². The second-order valence-corrected chi connectivity index (χ2v) is 8.18. The molecule has 0 fully saturated rings. The minimum Gasteiger partial charge on any atom is -0.465 e. The molecule has 3 aromatic heterocycles. The van der Waals surface area contributed by atoms with Crippen molar-refractivity contribution >= 4 is 56.4 Å². The Kier molecular flexibility index (Phi) is 7.14. The van der Waals surface area contributed by atoms with Crippen molar-refractivity contribution in [1.29, 1.82) is 0 Å². The third kappa shape index (κ3) is 5.02. The highest BCUT2D eigenvalue weighted by Crippen LogP contribution is 2.36. The zero-order valence-corrected chi connectivity index (χ0v) is 18.4. The molecule has 0 saturated carbocycles. The molecule has 3 aromatic rings. The summed E-state index contributed by atoms with van der Waals surface area (Å²) in [5, 5.41) is 7.01. The first-order valence-corrected chi connectivity index (χ1v) is 10.9. The van der Waals surface area contributed by atoms with Gasteiger partial charge in [0, 0.05) is 17.3 Å². The van der Waals surface area contributed by atoms with Crippen LogP contribution in [0, 0.1) is 0 Å². The first-order chi connectivity index (χ1) is 14.4. The number of methoxy groups -OCH3 is 1. The number of hydrogen-bond donors (Lipinski definition) is 1. The predicted molar refractivity (Wildman–Crippen MR) is 116 cm³/mol. The molecule has 0 aromatic carbocycles. The summed E-state index contributed by atoms with van der Waals surface area (Å²) >= 11 is 2.57. The van der Waals surface area contributed by atoms with E-state index in [-0.39, 0.29) is 23.3 Å². The van der Waals surface area contributed by atoms with E-state index in [1.165, 1.54) is 18.4 Å². The smallest absolute Gasteiger partial charge is 0.350 e. The number of carbonyl (C=O) groups excluding carboxylic acids is 3. The van der Waals surface area contributed by atoms with Gasteiger partial charge in [0.15, 0.2) is 0 Å². The molecule has 3 heterocycles. The third-order valence-corrected chi connectivity index (χ3v) is 5.90. The van der Waals surface area contributed by atoms with Crippen LogP contribution < -0.4 is 5.32 Å². The number of nitrogens with zero attached hydrogens (tertiary/aromatic N) is 2. The van der Waals surface area contributed by atoms with Crippen LogP contribution in [-0.4, -0.2) is 55.0 Å². The van der Waals surface area contributed by atoms with Gasteiger partial charge in [0.1, 0.15) is 9.71 Å². The zero-order valence-electron chi connectivity index (χ0n) is 16.8. The Morgan fingerprint density at radius 1 is 1.23 bits per heavy atom. The van der Waals surface area contributed by atoms with Crippen LogP contribution in [-0.2, 0) is 20.8 Å². The maximum Gasteiger partial charge on any atom is 0.350 e. The van der Waals surface area contributed by atoms with Crippen molar-refractivity contribution < 1.29 is 23.9 Å². The highest BCUT2D eigenvalue weighted by Gasteiger charge is 2.22. The molecule has 0 aliphatic rings. The first kappa shape index (κ1) is 21.9. The second-order valence-electron chi connectivity index (χ2n) is 6.40. The number of likely N-dealkylation sites (N-methyl/N-ethyl adjacent to an activating group) is 1. The Morgan fingerprint density at radius 3 is 2.70 bits per heavy atom. The average Bonchev–Trinajstić information content (AvgIpc) is 3.36. The largest absolute Gasteiger partial charge is 0.465 e. The number of amides is 1. The second kappa shape index (κ2) is 9.79. The molecule has 1 N–H and O–H groups in total. The van der Waals surface area contributed by atoms with Gasteiger partial charge in [-0.05, 0) is 37.6 Å². The maximum atomic E-state index is 12.5. The Bertz CT molecular complexity index is 1060. The number of pyridine rings is 1. The van der Waals surface area contributed by atoms with E-state index >= 15 is 0 Å². The fourth-order valence-electron chi connectivity index (χ4n) is 2.80. The van der Waals surface area contributed by atoms with Gasteiger partial charge in [-0.25, -0.2) is 9.78 Å². The van der Waals surface area contributed by atoms with E-state index in [2.05, 4.69) is 10.3 Å². The van der Waals surface area contributed by atoms with Gasteiger partial charge in [-0.1, -0.05) is 0 Å². The molecule has 0 spiro atoms. The number of thiophene rings is 2. The average molecular weight is 448 g/mol. The van der Waals surface area contributed by atoms with Gasteiger partial charge in [0.2, 0.25) is 0 Å².